The molecule has 1 aromatic carbocycles. The molecule has 0 saturated heterocycles. The highest BCUT2D eigenvalue weighted by Crippen LogP contribution is 2.29. The van der Waals surface area contributed by atoms with Crippen molar-refractivity contribution in [2.45, 2.75) is 6.42 Å². The minimum Gasteiger partial charge on any atom is -0.481 e. The number of carbonyl (C=O) groups is 1. The van der Waals surface area contributed by atoms with Gasteiger partial charge in [0, 0.05) is 17.3 Å². The molecule has 0 saturated carbocycles. The average Bonchev–Trinajstić information content (AvgIpc) is 2.30. The van der Waals surface area contributed by atoms with Gasteiger partial charge in [0.1, 0.15) is 0 Å². The Morgan fingerprint density at radius 1 is 1.31 bits per heavy atom. The van der Waals surface area contributed by atoms with Crippen molar-refractivity contribution < 1.29 is 9.90 Å². The maximum atomic E-state index is 10.5. The summed E-state index contributed by atoms with van der Waals surface area (Å²) in [4.78, 5) is 11.6. The van der Waals surface area contributed by atoms with Crippen molar-refractivity contribution in [3.63, 3.8) is 0 Å². The number of nitrogens with one attached hydrogen (secondary N) is 1. The zero-order chi connectivity index (χ0) is 11.4. The van der Waals surface area contributed by atoms with E-state index in [0.29, 0.717) is 0 Å². The molecule has 0 atom stereocenters. The molecule has 1 heterocycles. The Morgan fingerprint density at radius 3 is 2.62 bits per heavy atom. The lowest BCUT2D eigenvalue weighted by Crippen LogP contribution is -2.00. The molecule has 0 spiro atoms. The Balaban J connectivity index is 2.12. The lowest BCUT2D eigenvalue weighted by molar-refractivity contribution is -0.136. The molecule has 0 amide bonds. The zero-order valence-electron chi connectivity index (χ0n) is 8.51. The topological polar surface area (TPSA) is 49.3 Å². The molecule has 1 aromatic rings. The number of carboxylic acids is 1. The van der Waals surface area contributed by atoms with Crippen molar-refractivity contribution in [3.8, 4) is 0 Å². The third-order valence-electron chi connectivity index (χ3n) is 2.17. The van der Waals surface area contributed by atoms with E-state index in [-0.39, 0.29) is 6.42 Å². The normalized spacial score (nSPS) is 14.1. The smallest absolute Gasteiger partial charge is 0.307 e. The molecule has 0 bridgehead atoms. The van der Waals surface area contributed by atoms with Crippen LogP contribution in [0, 0.1) is 0 Å². The monoisotopic (exact) mass is 233 g/mol. The summed E-state index contributed by atoms with van der Waals surface area (Å²) in [5, 5.41) is 13.6. The van der Waals surface area contributed by atoms with Crippen LogP contribution in [0.2, 0.25) is 0 Å². The molecule has 2 rings (SSSR count). The van der Waals surface area contributed by atoms with E-state index in [1.54, 1.807) is 11.8 Å². The number of hydrogen-bond acceptors (Lipinski definition) is 3. The molecule has 4 heteroatoms. The predicted molar refractivity (Wildman–Crippen MR) is 65.6 cm³/mol. The number of hydrogen-bond donors (Lipinski definition) is 2. The van der Waals surface area contributed by atoms with E-state index in [9.17, 15) is 4.79 Å². The maximum Gasteiger partial charge on any atom is 0.307 e. The Bertz CT molecular complexity index is 449. The molecular formula is C12H11NO2S. The fourth-order valence-corrected chi connectivity index (χ4v) is 2.12. The first-order valence-electron chi connectivity index (χ1n) is 4.85. The van der Waals surface area contributed by atoms with Crippen LogP contribution in [-0.2, 0) is 11.2 Å². The van der Waals surface area contributed by atoms with Crippen LogP contribution in [0.3, 0.4) is 0 Å². The second kappa shape index (κ2) is 4.90. The van der Waals surface area contributed by atoms with Gasteiger partial charge in [-0.1, -0.05) is 36.0 Å². The minimum atomic E-state index is -0.802. The molecular weight excluding hydrogens is 222 g/mol. The lowest BCUT2D eigenvalue weighted by Gasteiger charge is -2.09. The molecule has 3 nitrogen and oxygen atoms in total. The van der Waals surface area contributed by atoms with Gasteiger partial charge in [-0.25, -0.2) is 0 Å². The van der Waals surface area contributed by atoms with E-state index in [4.69, 9.17) is 5.11 Å². The van der Waals surface area contributed by atoms with Crippen LogP contribution in [0.5, 0.6) is 0 Å². The Hall–Kier alpha value is -1.68. The first kappa shape index (κ1) is 10.8. The third kappa shape index (κ3) is 2.67. The highest BCUT2D eigenvalue weighted by Gasteiger charge is 2.04. The van der Waals surface area contributed by atoms with Crippen LogP contribution < -0.4 is 5.32 Å². The Labute approximate surface area is 97.9 Å². The van der Waals surface area contributed by atoms with Crippen LogP contribution in [0.25, 0.3) is 4.91 Å². The van der Waals surface area contributed by atoms with Gasteiger partial charge in [0.15, 0.2) is 0 Å². The number of aliphatic carboxylic acids is 1. The summed E-state index contributed by atoms with van der Waals surface area (Å²) in [5.74, 6) is -0.802. The highest BCUT2D eigenvalue weighted by molar-refractivity contribution is 8.10. The largest absolute Gasteiger partial charge is 0.481 e. The van der Waals surface area contributed by atoms with Crippen molar-refractivity contribution in [1.29, 1.82) is 0 Å². The second-order valence-electron chi connectivity index (χ2n) is 3.36. The van der Waals surface area contributed by atoms with Crippen LogP contribution in [0.4, 0.5) is 0 Å². The van der Waals surface area contributed by atoms with E-state index in [2.05, 4.69) is 5.32 Å². The summed E-state index contributed by atoms with van der Waals surface area (Å²) in [6.07, 6.45) is 3.87. The molecule has 82 valence electrons. The van der Waals surface area contributed by atoms with E-state index < -0.39 is 5.97 Å². The SMILES string of the molecule is O=C(O)Cc1ccc(C2=CNC=CS2)cc1. The summed E-state index contributed by atoms with van der Waals surface area (Å²) in [6, 6.07) is 7.59. The second-order valence-corrected chi connectivity index (χ2v) is 4.31. The van der Waals surface area contributed by atoms with Crippen LogP contribution >= 0.6 is 11.8 Å². The third-order valence-corrected chi connectivity index (χ3v) is 3.05. The van der Waals surface area contributed by atoms with Crippen LogP contribution in [0.1, 0.15) is 11.1 Å². The van der Waals surface area contributed by atoms with Crippen molar-refractivity contribution in [3.05, 3.63) is 53.2 Å². The standard InChI is InChI=1S/C12H11NO2S/c14-12(15)7-9-1-3-10(4-2-9)11-8-13-5-6-16-11/h1-6,8,13H,7H2,(H,14,15). The van der Waals surface area contributed by atoms with Crippen molar-refractivity contribution >= 4 is 22.6 Å². The van der Waals surface area contributed by atoms with Gasteiger partial charge in [0.05, 0.1) is 6.42 Å². The van der Waals surface area contributed by atoms with E-state index in [1.165, 1.54) is 0 Å². The number of thioether (sulfide) groups is 1. The number of carboxylic acid groups (broad SMARTS) is 1. The van der Waals surface area contributed by atoms with E-state index in [0.717, 1.165) is 16.0 Å². The first-order valence-corrected chi connectivity index (χ1v) is 5.73. The van der Waals surface area contributed by atoms with Gasteiger partial charge in [0.25, 0.3) is 0 Å². The average molecular weight is 233 g/mol. The van der Waals surface area contributed by atoms with Gasteiger partial charge >= 0.3 is 5.97 Å². The molecule has 1 aliphatic rings. The van der Waals surface area contributed by atoms with Gasteiger partial charge in [-0.3, -0.25) is 4.79 Å². The predicted octanol–water partition coefficient (Wildman–Crippen LogP) is 2.42. The molecule has 0 aliphatic carbocycles. The molecule has 0 radical (unpaired) electrons. The summed E-state index contributed by atoms with van der Waals surface area (Å²) in [6.45, 7) is 0. The maximum absolute atomic E-state index is 10.5. The molecule has 16 heavy (non-hydrogen) atoms. The van der Waals surface area contributed by atoms with E-state index >= 15 is 0 Å². The number of benzene rings is 1. The van der Waals surface area contributed by atoms with Gasteiger partial charge in [-0.05, 0) is 16.5 Å². The highest BCUT2D eigenvalue weighted by atomic mass is 32.2. The summed E-state index contributed by atoms with van der Waals surface area (Å²) in [7, 11) is 0. The summed E-state index contributed by atoms with van der Waals surface area (Å²) >= 11 is 1.64. The van der Waals surface area contributed by atoms with Crippen LogP contribution in [0.15, 0.2) is 42.1 Å². The fraction of sp³-hybridized carbons (Fsp3) is 0.0833. The van der Waals surface area contributed by atoms with Crippen LogP contribution in [-0.4, -0.2) is 11.1 Å². The van der Waals surface area contributed by atoms with Gasteiger partial charge in [-0.2, -0.15) is 0 Å². The molecule has 1 aliphatic heterocycles. The summed E-state index contributed by atoms with van der Waals surface area (Å²) in [5.41, 5.74) is 1.91. The van der Waals surface area contributed by atoms with Crippen molar-refractivity contribution in [1.82, 2.24) is 5.32 Å². The molecule has 0 aromatic heterocycles. The Kier molecular flexibility index (Phi) is 3.31. The molecule has 0 unspecified atom stereocenters. The fourth-order valence-electron chi connectivity index (χ4n) is 1.42. The van der Waals surface area contributed by atoms with E-state index in [1.807, 2.05) is 42.1 Å². The summed E-state index contributed by atoms with van der Waals surface area (Å²) < 4.78 is 0. The molecule has 0 fully saturated rings. The van der Waals surface area contributed by atoms with Crippen molar-refractivity contribution in [2.24, 2.45) is 0 Å². The minimum absolute atomic E-state index is 0.0740. The van der Waals surface area contributed by atoms with Gasteiger partial charge in [0.2, 0.25) is 0 Å². The lowest BCUT2D eigenvalue weighted by atomic mass is 10.1. The zero-order valence-corrected chi connectivity index (χ0v) is 9.33. The van der Waals surface area contributed by atoms with Gasteiger partial charge in [-0.15, -0.1) is 0 Å². The number of rotatable bonds is 3. The molecule has 2 N–H and O–H groups in total. The Morgan fingerprint density at radius 2 is 2.06 bits per heavy atom. The van der Waals surface area contributed by atoms with Gasteiger partial charge < -0.3 is 10.4 Å². The quantitative estimate of drug-likeness (QED) is 0.841. The van der Waals surface area contributed by atoms with Crippen molar-refractivity contribution in [2.75, 3.05) is 0 Å². The first-order chi connectivity index (χ1) is 7.75.